The number of carboxylic acid groups (broad SMARTS) is 2. The van der Waals surface area contributed by atoms with Crippen molar-refractivity contribution in [2.45, 2.75) is 60.2 Å². The lowest BCUT2D eigenvalue weighted by molar-refractivity contribution is -0.145. The summed E-state index contributed by atoms with van der Waals surface area (Å²) in [5.74, 6) is -0.804. The third kappa shape index (κ3) is 5.50. The third-order valence-corrected chi connectivity index (χ3v) is 4.73. The van der Waals surface area contributed by atoms with Crippen molar-refractivity contribution in [3.8, 4) is 11.5 Å². The van der Waals surface area contributed by atoms with Gasteiger partial charge in [-0.15, -0.1) is 0 Å². The molecule has 0 aliphatic heterocycles. The molecule has 6 nitrogen and oxygen atoms in total. The average molecular weight is 400 g/mol. The van der Waals surface area contributed by atoms with Crippen LogP contribution in [0.5, 0.6) is 11.5 Å². The Bertz CT molecular complexity index is 809. The van der Waals surface area contributed by atoms with E-state index in [0.29, 0.717) is 17.9 Å². The second-order valence-electron chi connectivity index (χ2n) is 7.49. The number of carboxylic acids is 2. The molecule has 29 heavy (non-hydrogen) atoms. The summed E-state index contributed by atoms with van der Waals surface area (Å²) in [6, 6.07) is 7.99. The molecule has 6 heteroatoms. The van der Waals surface area contributed by atoms with Crippen molar-refractivity contribution >= 4 is 11.9 Å². The van der Waals surface area contributed by atoms with Gasteiger partial charge in [-0.2, -0.15) is 0 Å². The first-order chi connectivity index (χ1) is 13.5. The summed E-state index contributed by atoms with van der Waals surface area (Å²) in [6.07, 6.45) is -1.14. The number of hydrogen-bond donors (Lipinski definition) is 2. The average Bonchev–Trinajstić information content (AvgIpc) is 2.60. The summed E-state index contributed by atoms with van der Waals surface area (Å²) in [4.78, 5) is 22.1. The maximum atomic E-state index is 11.1. The Balaban J connectivity index is 2.26. The Morgan fingerprint density at radius 1 is 0.724 bits per heavy atom. The van der Waals surface area contributed by atoms with Crippen LogP contribution >= 0.6 is 0 Å². The second kappa shape index (κ2) is 8.99. The summed E-state index contributed by atoms with van der Waals surface area (Å²) in [5.41, 5.74) is 5.71. The zero-order valence-electron chi connectivity index (χ0n) is 17.7. The van der Waals surface area contributed by atoms with Crippen molar-refractivity contribution in [3.05, 3.63) is 57.6 Å². The molecule has 0 radical (unpaired) electrons. The van der Waals surface area contributed by atoms with Crippen molar-refractivity contribution in [1.82, 2.24) is 0 Å². The number of aliphatic carboxylic acids is 2. The molecular weight excluding hydrogens is 372 g/mol. The highest BCUT2D eigenvalue weighted by molar-refractivity contribution is 5.72. The van der Waals surface area contributed by atoms with E-state index in [-0.39, 0.29) is 0 Å². The number of hydrogen-bond acceptors (Lipinski definition) is 4. The third-order valence-electron chi connectivity index (χ3n) is 4.73. The van der Waals surface area contributed by atoms with E-state index < -0.39 is 24.1 Å². The summed E-state index contributed by atoms with van der Waals surface area (Å²) >= 11 is 0. The van der Waals surface area contributed by atoms with E-state index in [1.54, 1.807) is 0 Å². The van der Waals surface area contributed by atoms with Gasteiger partial charge in [-0.1, -0.05) is 24.3 Å². The molecule has 156 valence electrons. The van der Waals surface area contributed by atoms with E-state index in [1.165, 1.54) is 13.8 Å². The molecule has 2 aromatic carbocycles. The van der Waals surface area contributed by atoms with Crippen LogP contribution in [-0.2, 0) is 16.0 Å². The van der Waals surface area contributed by atoms with Gasteiger partial charge < -0.3 is 19.7 Å². The highest BCUT2D eigenvalue weighted by Gasteiger charge is 2.18. The lowest BCUT2D eigenvalue weighted by Crippen LogP contribution is -2.23. The van der Waals surface area contributed by atoms with Crippen molar-refractivity contribution in [3.63, 3.8) is 0 Å². The molecule has 0 spiro atoms. The van der Waals surface area contributed by atoms with Gasteiger partial charge in [-0.3, -0.25) is 0 Å². The van der Waals surface area contributed by atoms with E-state index in [2.05, 4.69) is 0 Å². The van der Waals surface area contributed by atoms with Gasteiger partial charge in [0.1, 0.15) is 11.5 Å². The van der Waals surface area contributed by atoms with Gasteiger partial charge in [-0.25, -0.2) is 9.59 Å². The van der Waals surface area contributed by atoms with Crippen molar-refractivity contribution in [2.24, 2.45) is 0 Å². The Morgan fingerprint density at radius 3 is 1.24 bits per heavy atom. The van der Waals surface area contributed by atoms with Gasteiger partial charge in [-0.05, 0) is 81.3 Å². The molecule has 0 aromatic heterocycles. The minimum absolute atomic E-state index is 0.599. The summed E-state index contributed by atoms with van der Waals surface area (Å²) < 4.78 is 11.2. The maximum absolute atomic E-state index is 11.1. The Kier molecular flexibility index (Phi) is 6.90. The number of carbonyl (C=O) groups is 2. The maximum Gasteiger partial charge on any atom is 0.344 e. The van der Waals surface area contributed by atoms with Crippen LogP contribution < -0.4 is 9.47 Å². The number of benzene rings is 2. The molecule has 0 fully saturated rings. The molecule has 2 rings (SSSR count). The molecule has 0 amide bonds. The first-order valence-electron chi connectivity index (χ1n) is 9.48. The van der Waals surface area contributed by atoms with Crippen molar-refractivity contribution < 1.29 is 29.3 Å². The van der Waals surface area contributed by atoms with Crippen LogP contribution in [-0.4, -0.2) is 34.4 Å². The van der Waals surface area contributed by atoms with Crippen LogP contribution in [0.4, 0.5) is 0 Å². The standard InChI is InChI=1S/C23H28O6/c1-12-7-18(8-13(2)20(12)28-16(5)22(24)25)11-19-9-14(3)21(15(4)10-19)29-17(6)23(26)27/h7-10,16-17H,11H2,1-6H3,(H,24,25)(H,26,27). The minimum atomic E-state index is -1.00. The molecular formula is C23H28O6. The highest BCUT2D eigenvalue weighted by Crippen LogP contribution is 2.30. The molecule has 0 aliphatic rings. The predicted molar refractivity (Wildman–Crippen MR) is 110 cm³/mol. The quantitative estimate of drug-likeness (QED) is 0.689. The Labute approximate surface area is 171 Å². The van der Waals surface area contributed by atoms with Crippen LogP contribution in [0, 0.1) is 27.7 Å². The van der Waals surface area contributed by atoms with Crippen molar-refractivity contribution in [1.29, 1.82) is 0 Å². The largest absolute Gasteiger partial charge is 0.479 e. The molecule has 0 aliphatic carbocycles. The van der Waals surface area contributed by atoms with E-state index >= 15 is 0 Å². The van der Waals surface area contributed by atoms with Gasteiger partial charge in [0.2, 0.25) is 0 Å². The number of ether oxygens (including phenoxy) is 2. The van der Waals surface area contributed by atoms with Crippen LogP contribution in [0.15, 0.2) is 24.3 Å². The minimum Gasteiger partial charge on any atom is -0.479 e. The first-order valence-corrected chi connectivity index (χ1v) is 9.48. The molecule has 2 atom stereocenters. The monoisotopic (exact) mass is 400 g/mol. The SMILES string of the molecule is Cc1cc(Cc2cc(C)c(OC(C)C(=O)O)c(C)c2)cc(C)c1OC(C)C(=O)O. The van der Waals surface area contributed by atoms with E-state index in [1.807, 2.05) is 52.0 Å². The summed E-state index contributed by atoms with van der Waals surface area (Å²) in [7, 11) is 0. The topological polar surface area (TPSA) is 93.1 Å². The van der Waals surface area contributed by atoms with Gasteiger partial charge >= 0.3 is 11.9 Å². The fourth-order valence-corrected chi connectivity index (χ4v) is 3.35. The van der Waals surface area contributed by atoms with Gasteiger partial charge in [0.05, 0.1) is 0 Å². The normalized spacial score (nSPS) is 12.9. The molecule has 2 unspecified atom stereocenters. The highest BCUT2D eigenvalue weighted by atomic mass is 16.5. The van der Waals surface area contributed by atoms with Crippen LogP contribution in [0.2, 0.25) is 0 Å². The van der Waals surface area contributed by atoms with E-state index in [0.717, 1.165) is 33.4 Å². The van der Waals surface area contributed by atoms with Crippen LogP contribution in [0.25, 0.3) is 0 Å². The van der Waals surface area contributed by atoms with Crippen molar-refractivity contribution in [2.75, 3.05) is 0 Å². The molecule has 2 N–H and O–H groups in total. The Morgan fingerprint density at radius 2 is 1.00 bits per heavy atom. The molecule has 0 heterocycles. The van der Waals surface area contributed by atoms with Crippen LogP contribution in [0.1, 0.15) is 47.2 Å². The number of rotatable bonds is 8. The smallest absolute Gasteiger partial charge is 0.344 e. The first kappa shape index (κ1) is 22.3. The summed E-state index contributed by atoms with van der Waals surface area (Å²) in [6.45, 7) is 10.6. The zero-order valence-corrected chi connectivity index (χ0v) is 17.7. The van der Waals surface area contributed by atoms with Crippen LogP contribution in [0.3, 0.4) is 0 Å². The lowest BCUT2D eigenvalue weighted by atomic mass is 9.97. The fourth-order valence-electron chi connectivity index (χ4n) is 3.35. The van der Waals surface area contributed by atoms with Gasteiger partial charge in [0.25, 0.3) is 0 Å². The molecule has 0 saturated heterocycles. The van der Waals surface area contributed by atoms with E-state index in [9.17, 15) is 9.59 Å². The predicted octanol–water partition coefficient (Wildman–Crippen LogP) is 4.21. The van der Waals surface area contributed by atoms with E-state index in [4.69, 9.17) is 19.7 Å². The lowest BCUT2D eigenvalue weighted by Gasteiger charge is -2.18. The fraction of sp³-hybridized carbons (Fsp3) is 0.391. The molecule has 2 aromatic rings. The molecule has 0 saturated carbocycles. The zero-order chi connectivity index (χ0) is 21.9. The summed E-state index contributed by atoms with van der Waals surface area (Å²) in [5, 5.41) is 18.1. The Hall–Kier alpha value is -3.02. The number of aryl methyl sites for hydroxylation is 4. The van der Waals surface area contributed by atoms with Gasteiger partial charge in [0, 0.05) is 0 Å². The second-order valence-corrected chi connectivity index (χ2v) is 7.49. The molecule has 0 bridgehead atoms. The van der Waals surface area contributed by atoms with Gasteiger partial charge in [0.15, 0.2) is 12.2 Å².